The number of nitrogens with zero attached hydrogens (tertiary/aromatic N) is 1. The van der Waals surface area contributed by atoms with Gasteiger partial charge < -0.3 is 14.6 Å². The third-order valence-corrected chi connectivity index (χ3v) is 7.32. The largest absolute Gasteiger partial charge is 0.507 e. The van der Waals surface area contributed by atoms with Gasteiger partial charge in [0.25, 0.3) is 5.91 Å². The van der Waals surface area contributed by atoms with E-state index < -0.39 is 39.8 Å². The maximum atomic E-state index is 12.7. The summed E-state index contributed by atoms with van der Waals surface area (Å²) in [4.78, 5) is 28.8. The lowest BCUT2D eigenvalue weighted by atomic mass is 10.2. The number of phenols is 1. The van der Waals surface area contributed by atoms with Gasteiger partial charge in [0.1, 0.15) is 17.1 Å². The number of anilines is 1. The van der Waals surface area contributed by atoms with Crippen LogP contribution in [0.5, 0.6) is 11.5 Å². The molecule has 0 fully saturated rings. The number of aromatic hydroxyl groups is 1. The fourth-order valence-corrected chi connectivity index (χ4v) is 5.11. The number of rotatable bonds is 9. The summed E-state index contributed by atoms with van der Waals surface area (Å²) >= 11 is 1.22. The summed E-state index contributed by atoms with van der Waals surface area (Å²) in [6.45, 7) is -0.622. The molecule has 3 aromatic carbocycles. The smallest absolute Gasteiger partial charge is 0.342 e. The highest BCUT2D eigenvalue weighted by Gasteiger charge is 2.21. The fraction of sp³-hybridized carbons (Fsp3) is 0.125. The number of phenolic OH excluding ortho intramolecular Hbond substituents is 1. The van der Waals surface area contributed by atoms with Crippen molar-refractivity contribution < 1.29 is 32.6 Å². The molecule has 0 aliphatic carbocycles. The predicted octanol–water partition coefficient (Wildman–Crippen LogP) is 3.28. The quantitative estimate of drug-likeness (QED) is 0.281. The summed E-state index contributed by atoms with van der Waals surface area (Å²) in [7, 11) is -2.44. The van der Waals surface area contributed by atoms with Crippen LogP contribution in [0.2, 0.25) is 0 Å². The molecule has 1 heterocycles. The molecule has 4 aromatic rings. The van der Waals surface area contributed by atoms with Crippen LogP contribution >= 0.6 is 11.3 Å². The van der Waals surface area contributed by atoms with Crippen molar-refractivity contribution in [2.45, 2.75) is 11.4 Å². The van der Waals surface area contributed by atoms with Crippen LogP contribution in [0.1, 0.15) is 15.9 Å². The van der Waals surface area contributed by atoms with Crippen LogP contribution in [0, 0.1) is 0 Å². The standard InChI is InChI=1S/C24H21N3O7S2/c1-33-16-7-9-19-21(11-16)35-24(26-19)27-22(29)14-34-23(30)18-12-17(8-10-20(18)28)36(31,32)25-13-15-5-3-2-4-6-15/h2-12,25,28H,13-14H2,1H3,(H,26,27,29). The topological polar surface area (TPSA) is 144 Å². The minimum Gasteiger partial charge on any atom is -0.507 e. The number of fused-ring (bicyclic) bond motifs is 1. The first-order valence-corrected chi connectivity index (χ1v) is 12.8. The molecule has 0 spiro atoms. The Labute approximate surface area is 210 Å². The van der Waals surface area contributed by atoms with E-state index in [1.807, 2.05) is 6.07 Å². The first kappa shape index (κ1) is 25.1. The number of carbonyl (C=O) groups is 2. The molecular weight excluding hydrogens is 506 g/mol. The molecule has 10 nitrogen and oxygen atoms in total. The van der Waals surface area contributed by atoms with Crippen LogP contribution in [0.25, 0.3) is 10.2 Å². The van der Waals surface area contributed by atoms with Crippen molar-refractivity contribution in [2.24, 2.45) is 0 Å². The zero-order chi connectivity index (χ0) is 25.7. The van der Waals surface area contributed by atoms with Crippen LogP contribution in [0.15, 0.2) is 71.6 Å². The number of ether oxygens (including phenoxy) is 2. The van der Waals surface area contributed by atoms with Gasteiger partial charge in [-0.25, -0.2) is 22.9 Å². The van der Waals surface area contributed by atoms with Crippen molar-refractivity contribution in [1.82, 2.24) is 9.71 Å². The van der Waals surface area contributed by atoms with Gasteiger partial charge in [-0.05, 0) is 42.0 Å². The van der Waals surface area contributed by atoms with Gasteiger partial charge in [-0.15, -0.1) is 0 Å². The zero-order valence-electron chi connectivity index (χ0n) is 18.9. The second-order valence-electron chi connectivity index (χ2n) is 7.47. The van der Waals surface area contributed by atoms with E-state index in [1.54, 1.807) is 49.6 Å². The average Bonchev–Trinajstić information content (AvgIpc) is 3.28. The Morgan fingerprint density at radius 1 is 1.06 bits per heavy atom. The molecule has 0 aliphatic heterocycles. The third-order valence-electron chi connectivity index (χ3n) is 4.98. The average molecular weight is 528 g/mol. The van der Waals surface area contributed by atoms with E-state index in [9.17, 15) is 23.1 Å². The Kier molecular flexibility index (Phi) is 7.48. The summed E-state index contributed by atoms with van der Waals surface area (Å²) < 4.78 is 38.7. The van der Waals surface area contributed by atoms with Gasteiger partial charge in [0.05, 0.1) is 22.2 Å². The minimum absolute atomic E-state index is 0.0442. The number of thiazole rings is 1. The SMILES string of the molecule is COc1ccc2nc(NC(=O)COC(=O)c3cc(S(=O)(=O)NCc4ccccc4)ccc3O)sc2c1. The van der Waals surface area contributed by atoms with E-state index in [2.05, 4.69) is 15.0 Å². The van der Waals surface area contributed by atoms with Crippen molar-refractivity contribution in [2.75, 3.05) is 19.0 Å². The van der Waals surface area contributed by atoms with Crippen molar-refractivity contribution in [3.63, 3.8) is 0 Å². The molecule has 0 unspecified atom stereocenters. The predicted molar refractivity (Wildman–Crippen MR) is 134 cm³/mol. The minimum atomic E-state index is -3.99. The summed E-state index contributed by atoms with van der Waals surface area (Å²) in [6.07, 6.45) is 0. The molecule has 0 atom stereocenters. The highest BCUT2D eigenvalue weighted by Crippen LogP contribution is 2.29. The number of methoxy groups -OCH3 is 1. The summed E-state index contributed by atoms with van der Waals surface area (Å²) in [6, 6.07) is 17.4. The van der Waals surface area contributed by atoms with Crippen molar-refractivity contribution in [3.8, 4) is 11.5 Å². The van der Waals surface area contributed by atoms with Crippen LogP contribution in [0.3, 0.4) is 0 Å². The normalized spacial score (nSPS) is 11.2. The van der Waals surface area contributed by atoms with Crippen molar-refractivity contribution in [1.29, 1.82) is 0 Å². The molecule has 0 saturated heterocycles. The Bertz CT molecular complexity index is 1520. The van der Waals surface area contributed by atoms with E-state index in [0.29, 0.717) is 16.4 Å². The van der Waals surface area contributed by atoms with Crippen molar-refractivity contribution >= 4 is 48.6 Å². The molecule has 4 rings (SSSR count). The zero-order valence-corrected chi connectivity index (χ0v) is 20.6. The number of benzene rings is 3. The van der Waals surface area contributed by atoms with Crippen LogP contribution in [-0.4, -0.2) is 44.1 Å². The highest BCUT2D eigenvalue weighted by molar-refractivity contribution is 7.89. The van der Waals surface area contributed by atoms with E-state index in [-0.39, 0.29) is 11.4 Å². The van der Waals surface area contributed by atoms with Crippen LogP contribution in [0.4, 0.5) is 5.13 Å². The van der Waals surface area contributed by atoms with E-state index in [0.717, 1.165) is 28.5 Å². The van der Waals surface area contributed by atoms with Crippen molar-refractivity contribution in [3.05, 3.63) is 77.9 Å². The Morgan fingerprint density at radius 3 is 2.58 bits per heavy atom. The van der Waals surface area contributed by atoms with Gasteiger partial charge in [-0.2, -0.15) is 0 Å². The number of esters is 1. The number of aromatic nitrogens is 1. The Hall–Kier alpha value is -4.00. The van der Waals surface area contributed by atoms with Gasteiger partial charge >= 0.3 is 5.97 Å². The van der Waals surface area contributed by atoms with Gasteiger partial charge in [-0.3, -0.25) is 10.1 Å². The fourth-order valence-electron chi connectivity index (χ4n) is 3.15. The first-order valence-electron chi connectivity index (χ1n) is 10.5. The van der Waals surface area contributed by atoms with Gasteiger partial charge in [0.2, 0.25) is 10.0 Å². The molecule has 0 radical (unpaired) electrons. The number of sulfonamides is 1. The van der Waals surface area contributed by atoms with E-state index >= 15 is 0 Å². The lowest BCUT2D eigenvalue weighted by Crippen LogP contribution is -2.24. The maximum Gasteiger partial charge on any atom is 0.342 e. The number of carbonyl (C=O) groups excluding carboxylic acids is 2. The number of hydrogen-bond acceptors (Lipinski definition) is 9. The lowest BCUT2D eigenvalue weighted by molar-refractivity contribution is -0.119. The third kappa shape index (κ3) is 5.97. The van der Waals surface area contributed by atoms with Crippen LogP contribution in [-0.2, 0) is 26.1 Å². The Balaban J connectivity index is 1.38. The molecular formula is C24H21N3O7S2. The van der Waals surface area contributed by atoms with Gasteiger partial charge in [-0.1, -0.05) is 41.7 Å². The lowest BCUT2D eigenvalue weighted by Gasteiger charge is -2.10. The molecule has 0 bridgehead atoms. The molecule has 3 N–H and O–H groups in total. The summed E-state index contributed by atoms with van der Waals surface area (Å²) in [5.41, 5.74) is 1.02. The summed E-state index contributed by atoms with van der Waals surface area (Å²) in [5, 5.41) is 12.9. The maximum absolute atomic E-state index is 12.7. The Morgan fingerprint density at radius 2 is 1.83 bits per heavy atom. The second kappa shape index (κ2) is 10.7. The molecule has 1 amide bonds. The monoisotopic (exact) mass is 527 g/mol. The first-order chi connectivity index (χ1) is 17.2. The number of amides is 1. The molecule has 0 aliphatic rings. The summed E-state index contributed by atoms with van der Waals surface area (Å²) in [5.74, 6) is -1.54. The number of nitrogens with one attached hydrogen (secondary N) is 2. The molecule has 186 valence electrons. The van der Waals surface area contributed by atoms with Gasteiger partial charge in [0.15, 0.2) is 11.7 Å². The molecule has 12 heteroatoms. The molecule has 36 heavy (non-hydrogen) atoms. The second-order valence-corrected chi connectivity index (χ2v) is 10.3. The van der Waals surface area contributed by atoms with E-state index in [4.69, 9.17) is 9.47 Å². The highest BCUT2D eigenvalue weighted by atomic mass is 32.2. The molecule has 1 aromatic heterocycles. The number of hydrogen-bond donors (Lipinski definition) is 3. The molecule has 0 saturated carbocycles. The van der Waals surface area contributed by atoms with Crippen LogP contribution < -0.4 is 14.8 Å². The van der Waals surface area contributed by atoms with E-state index in [1.165, 1.54) is 11.3 Å². The van der Waals surface area contributed by atoms with Gasteiger partial charge in [0, 0.05) is 6.54 Å².